The molecule has 1 aliphatic heterocycles. The number of anilines is 2. The summed E-state index contributed by atoms with van der Waals surface area (Å²) in [6.45, 7) is 2.16. The van der Waals surface area contributed by atoms with Gasteiger partial charge in [-0.05, 0) is 48.7 Å². The first-order chi connectivity index (χ1) is 12.9. The molecule has 1 N–H and O–H groups in total. The molecule has 8 heteroatoms. The first-order valence-corrected chi connectivity index (χ1v) is 10.00. The fraction of sp³-hybridized carbons (Fsp3) is 0.316. The van der Waals surface area contributed by atoms with Crippen molar-refractivity contribution < 1.29 is 22.7 Å². The number of sulfonamides is 1. The Morgan fingerprint density at radius 3 is 2.56 bits per heavy atom. The fourth-order valence-corrected chi connectivity index (χ4v) is 4.27. The molecule has 0 atom stereocenters. The third kappa shape index (κ3) is 3.85. The van der Waals surface area contributed by atoms with E-state index >= 15 is 0 Å². The average molecular weight is 390 g/mol. The highest BCUT2D eigenvalue weighted by Crippen LogP contribution is 2.33. The number of rotatable bonds is 5. The molecule has 7 nitrogen and oxygen atoms in total. The van der Waals surface area contributed by atoms with E-state index in [2.05, 4.69) is 4.72 Å². The van der Waals surface area contributed by atoms with E-state index in [0.29, 0.717) is 23.7 Å². The number of amides is 1. The molecule has 0 unspecified atom stereocenters. The molecule has 2 aromatic carbocycles. The number of methoxy groups -OCH3 is 2. The van der Waals surface area contributed by atoms with Gasteiger partial charge in [-0.25, -0.2) is 8.42 Å². The van der Waals surface area contributed by atoms with E-state index < -0.39 is 10.0 Å². The van der Waals surface area contributed by atoms with E-state index in [-0.39, 0.29) is 10.8 Å². The number of carbonyl (C=O) groups excluding carboxylic acids is 1. The van der Waals surface area contributed by atoms with Crippen LogP contribution in [0.1, 0.15) is 18.9 Å². The summed E-state index contributed by atoms with van der Waals surface area (Å²) in [6.07, 6.45) is 1.53. The molecule has 0 fully saturated rings. The Bertz CT molecular complexity index is 972. The quantitative estimate of drug-likeness (QED) is 0.849. The Morgan fingerprint density at radius 2 is 1.89 bits per heavy atom. The standard InChI is InChI=1S/C19H22N2O5S/c1-13(22)21-10-4-5-14-11-16(7-9-18(14)21)27(23,24)20-17-8-6-15(25-2)12-19(17)26-3/h6-9,11-12,20H,4-5,10H2,1-3H3. The average Bonchev–Trinajstić information content (AvgIpc) is 2.67. The normalized spacial score (nSPS) is 13.7. The van der Waals surface area contributed by atoms with Crippen LogP contribution in [0.25, 0.3) is 0 Å². The van der Waals surface area contributed by atoms with Crippen LogP contribution < -0.4 is 19.1 Å². The van der Waals surface area contributed by atoms with E-state index in [1.807, 2.05) is 0 Å². The van der Waals surface area contributed by atoms with Crippen molar-refractivity contribution in [2.24, 2.45) is 0 Å². The van der Waals surface area contributed by atoms with E-state index in [1.54, 1.807) is 35.2 Å². The molecule has 1 amide bonds. The zero-order valence-corrected chi connectivity index (χ0v) is 16.3. The van der Waals surface area contributed by atoms with Crippen LogP contribution in [0.15, 0.2) is 41.3 Å². The number of hydrogen-bond donors (Lipinski definition) is 1. The van der Waals surface area contributed by atoms with Gasteiger partial charge < -0.3 is 14.4 Å². The first-order valence-electron chi connectivity index (χ1n) is 8.51. The van der Waals surface area contributed by atoms with Crippen LogP contribution in [0.3, 0.4) is 0 Å². The number of ether oxygens (including phenoxy) is 2. The predicted octanol–water partition coefficient (Wildman–Crippen LogP) is 2.80. The minimum Gasteiger partial charge on any atom is -0.497 e. The molecule has 27 heavy (non-hydrogen) atoms. The molecule has 0 radical (unpaired) electrons. The molecular formula is C19H22N2O5S. The van der Waals surface area contributed by atoms with Crippen LogP contribution in [0, 0.1) is 0 Å². The summed E-state index contributed by atoms with van der Waals surface area (Å²) in [5.41, 5.74) is 1.94. The van der Waals surface area contributed by atoms with E-state index in [1.165, 1.54) is 27.2 Å². The Balaban J connectivity index is 1.93. The molecule has 3 rings (SSSR count). The van der Waals surface area contributed by atoms with Gasteiger partial charge in [0, 0.05) is 25.2 Å². The highest BCUT2D eigenvalue weighted by atomic mass is 32.2. The molecule has 1 heterocycles. The lowest BCUT2D eigenvalue weighted by Crippen LogP contribution is -2.33. The van der Waals surface area contributed by atoms with Gasteiger partial charge in [-0.2, -0.15) is 0 Å². The Morgan fingerprint density at radius 1 is 1.11 bits per heavy atom. The van der Waals surface area contributed by atoms with Gasteiger partial charge in [0.25, 0.3) is 10.0 Å². The van der Waals surface area contributed by atoms with Crippen molar-refractivity contribution in [3.8, 4) is 11.5 Å². The van der Waals surface area contributed by atoms with E-state index in [9.17, 15) is 13.2 Å². The Hall–Kier alpha value is -2.74. The van der Waals surface area contributed by atoms with Crippen LogP contribution in [0.5, 0.6) is 11.5 Å². The number of nitrogens with zero attached hydrogens (tertiary/aromatic N) is 1. The van der Waals surface area contributed by atoms with Crippen LogP contribution in [0.2, 0.25) is 0 Å². The van der Waals surface area contributed by atoms with Gasteiger partial charge in [0.1, 0.15) is 11.5 Å². The van der Waals surface area contributed by atoms with Crippen LogP contribution in [-0.4, -0.2) is 35.1 Å². The second-order valence-electron chi connectivity index (χ2n) is 6.24. The maximum absolute atomic E-state index is 12.8. The molecule has 0 saturated heterocycles. The SMILES string of the molecule is COc1ccc(NS(=O)(=O)c2ccc3c(c2)CCCN3C(C)=O)c(OC)c1. The zero-order chi connectivity index (χ0) is 19.6. The number of carbonyl (C=O) groups is 1. The minimum absolute atomic E-state index is 0.0485. The molecule has 0 bridgehead atoms. The smallest absolute Gasteiger partial charge is 0.262 e. The van der Waals surface area contributed by atoms with Crippen molar-refractivity contribution in [1.82, 2.24) is 0 Å². The molecule has 0 aromatic heterocycles. The monoisotopic (exact) mass is 390 g/mol. The second kappa shape index (κ2) is 7.48. The van der Waals surface area contributed by atoms with Gasteiger partial charge in [-0.3, -0.25) is 9.52 Å². The molecule has 2 aromatic rings. The lowest BCUT2D eigenvalue weighted by molar-refractivity contribution is -0.116. The van der Waals surface area contributed by atoms with Crippen LogP contribution in [-0.2, 0) is 21.2 Å². The van der Waals surface area contributed by atoms with Gasteiger partial charge in [0.05, 0.1) is 24.8 Å². The number of aryl methyl sites for hydroxylation is 1. The van der Waals surface area contributed by atoms with Crippen LogP contribution >= 0.6 is 0 Å². The highest BCUT2D eigenvalue weighted by Gasteiger charge is 2.23. The van der Waals surface area contributed by atoms with Crippen molar-refractivity contribution >= 4 is 27.3 Å². The molecule has 0 aliphatic carbocycles. The van der Waals surface area contributed by atoms with Gasteiger partial charge in [-0.1, -0.05) is 0 Å². The lowest BCUT2D eigenvalue weighted by Gasteiger charge is -2.28. The third-order valence-corrected chi connectivity index (χ3v) is 5.88. The van der Waals surface area contributed by atoms with Crippen molar-refractivity contribution in [1.29, 1.82) is 0 Å². The summed E-state index contributed by atoms with van der Waals surface area (Å²) in [5, 5.41) is 0. The van der Waals surface area contributed by atoms with Crippen molar-refractivity contribution in [3.63, 3.8) is 0 Å². The first kappa shape index (κ1) is 19.0. The maximum atomic E-state index is 12.8. The maximum Gasteiger partial charge on any atom is 0.262 e. The largest absolute Gasteiger partial charge is 0.497 e. The topological polar surface area (TPSA) is 84.9 Å². The summed E-state index contributed by atoms with van der Waals surface area (Å²) < 4.78 is 38.6. The van der Waals surface area contributed by atoms with E-state index in [4.69, 9.17) is 9.47 Å². The number of hydrogen-bond acceptors (Lipinski definition) is 5. The number of nitrogens with one attached hydrogen (secondary N) is 1. The van der Waals surface area contributed by atoms with Gasteiger partial charge in [0.15, 0.2) is 0 Å². The minimum atomic E-state index is -3.81. The number of benzene rings is 2. The lowest BCUT2D eigenvalue weighted by atomic mass is 10.0. The summed E-state index contributed by atoms with van der Waals surface area (Å²) in [6, 6.07) is 9.68. The van der Waals surface area contributed by atoms with E-state index in [0.717, 1.165) is 24.1 Å². The van der Waals surface area contributed by atoms with Gasteiger partial charge >= 0.3 is 0 Å². The van der Waals surface area contributed by atoms with Gasteiger partial charge in [0.2, 0.25) is 5.91 Å². The van der Waals surface area contributed by atoms with Gasteiger partial charge in [-0.15, -0.1) is 0 Å². The van der Waals surface area contributed by atoms with Crippen molar-refractivity contribution in [2.75, 3.05) is 30.4 Å². The third-order valence-electron chi connectivity index (χ3n) is 4.51. The predicted molar refractivity (Wildman–Crippen MR) is 103 cm³/mol. The Labute approximate surface area is 158 Å². The van der Waals surface area contributed by atoms with Crippen LogP contribution in [0.4, 0.5) is 11.4 Å². The molecule has 0 spiro atoms. The number of fused-ring (bicyclic) bond motifs is 1. The molecule has 144 valence electrons. The summed E-state index contributed by atoms with van der Waals surface area (Å²) in [5.74, 6) is 0.874. The molecule has 1 aliphatic rings. The molecule has 0 saturated carbocycles. The van der Waals surface area contributed by atoms with Crippen molar-refractivity contribution in [2.45, 2.75) is 24.7 Å². The van der Waals surface area contributed by atoms with Crippen molar-refractivity contribution in [3.05, 3.63) is 42.0 Å². The Kier molecular flexibility index (Phi) is 5.27. The molecular weight excluding hydrogens is 368 g/mol. The zero-order valence-electron chi connectivity index (χ0n) is 15.5. The second-order valence-corrected chi connectivity index (χ2v) is 7.92. The fourth-order valence-electron chi connectivity index (χ4n) is 3.15. The highest BCUT2D eigenvalue weighted by molar-refractivity contribution is 7.92. The summed E-state index contributed by atoms with van der Waals surface area (Å²) in [4.78, 5) is 13.6. The summed E-state index contributed by atoms with van der Waals surface area (Å²) in [7, 11) is -0.827. The summed E-state index contributed by atoms with van der Waals surface area (Å²) >= 11 is 0.